The maximum Gasteiger partial charge on any atom is 0.161 e. The third kappa shape index (κ3) is 3.24. The van der Waals surface area contributed by atoms with Gasteiger partial charge in [0.2, 0.25) is 0 Å². The van der Waals surface area contributed by atoms with E-state index in [0.717, 1.165) is 17.7 Å². The van der Waals surface area contributed by atoms with Gasteiger partial charge in [-0.3, -0.25) is 4.79 Å². The summed E-state index contributed by atoms with van der Waals surface area (Å²) in [4.78, 5) is 13.5. The lowest BCUT2D eigenvalue weighted by atomic mass is 10.0. The minimum atomic E-state index is 0.0986. The highest BCUT2D eigenvalue weighted by molar-refractivity contribution is 6.19. The van der Waals surface area contributed by atoms with Gasteiger partial charge in [0.1, 0.15) is 0 Å². The lowest BCUT2D eigenvalue weighted by Crippen LogP contribution is -2.11. The molecule has 0 aliphatic carbocycles. The van der Waals surface area contributed by atoms with Crippen LogP contribution >= 0.6 is 0 Å². The van der Waals surface area contributed by atoms with E-state index < -0.39 is 0 Å². The Morgan fingerprint density at radius 3 is 2.40 bits per heavy atom. The SMILES string of the molecule is CCN(C)/C=C(/C(C)=O)c1ccccc1. The Kier molecular flexibility index (Phi) is 4.10. The van der Waals surface area contributed by atoms with Crippen molar-refractivity contribution in [3.63, 3.8) is 0 Å². The molecule has 0 spiro atoms. The second-order valence-electron chi connectivity index (χ2n) is 3.54. The molecule has 15 heavy (non-hydrogen) atoms. The molecular weight excluding hydrogens is 186 g/mol. The number of Topliss-reactive ketones (excluding diaryl/α,β-unsaturated/α-hetero) is 1. The first kappa shape index (κ1) is 11.5. The predicted octanol–water partition coefficient (Wildman–Crippen LogP) is 2.57. The molecule has 0 bridgehead atoms. The Morgan fingerprint density at radius 1 is 1.33 bits per heavy atom. The van der Waals surface area contributed by atoms with Crippen molar-refractivity contribution in [2.75, 3.05) is 13.6 Å². The second kappa shape index (κ2) is 5.35. The van der Waals surface area contributed by atoms with Crippen molar-refractivity contribution in [1.29, 1.82) is 0 Å². The topological polar surface area (TPSA) is 20.3 Å². The Morgan fingerprint density at radius 2 is 1.93 bits per heavy atom. The molecule has 0 heterocycles. The number of ketones is 1. The summed E-state index contributed by atoms with van der Waals surface area (Å²) >= 11 is 0. The van der Waals surface area contributed by atoms with Crippen LogP contribution in [0, 0.1) is 0 Å². The monoisotopic (exact) mass is 203 g/mol. The Labute approximate surface area is 91.2 Å². The summed E-state index contributed by atoms with van der Waals surface area (Å²) < 4.78 is 0. The molecule has 0 saturated carbocycles. The molecule has 0 aliphatic heterocycles. The zero-order valence-electron chi connectivity index (χ0n) is 9.53. The van der Waals surface area contributed by atoms with Gasteiger partial charge in [-0.15, -0.1) is 0 Å². The van der Waals surface area contributed by atoms with Gasteiger partial charge in [0.05, 0.1) is 0 Å². The van der Waals surface area contributed by atoms with Crippen LogP contribution < -0.4 is 0 Å². The summed E-state index contributed by atoms with van der Waals surface area (Å²) in [5.74, 6) is 0.0986. The maximum absolute atomic E-state index is 11.5. The zero-order valence-corrected chi connectivity index (χ0v) is 9.53. The van der Waals surface area contributed by atoms with Crippen molar-refractivity contribution in [2.45, 2.75) is 13.8 Å². The van der Waals surface area contributed by atoms with Gasteiger partial charge in [-0.25, -0.2) is 0 Å². The molecule has 80 valence electrons. The molecule has 1 aromatic carbocycles. The largest absolute Gasteiger partial charge is 0.380 e. The van der Waals surface area contributed by atoms with Gasteiger partial charge in [0.25, 0.3) is 0 Å². The van der Waals surface area contributed by atoms with Gasteiger partial charge in [-0.05, 0) is 19.4 Å². The van der Waals surface area contributed by atoms with E-state index in [2.05, 4.69) is 6.92 Å². The van der Waals surface area contributed by atoms with Crippen LogP contribution in [0.4, 0.5) is 0 Å². The van der Waals surface area contributed by atoms with Crippen molar-refractivity contribution < 1.29 is 4.79 Å². The fourth-order valence-corrected chi connectivity index (χ4v) is 1.30. The molecule has 0 radical (unpaired) electrons. The smallest absolute Gasteiger partial charge is 0.161 e. The van der Waals surface area contributed by atoms with Gasteiger partial charge < -0.3 is 4.90 Å². The molecular formula is C13H17NO. The molecule has 0 aromatic heterocycles. The highest BCUT2D eigenvalue weighted by Gasteiger charge is 2.06. The second-order valence-corrected chi connectivity index (χ2v) is 3.54. The van der Waals surface area contributed by atoms with E-state index in [9.17, 15) is 4.79 Å². The maximum atomic E-state index is 11.5. The van der Waals surface area contributed by atoms with E-state index in [1.807, 2.05) is 48.5 Å². The lowest BCUT2D eigenvalue weighted by molar-refractivity contribution is -0.111. The van der Waals surface area contributed by atoms with E-state index in [1.165, 1.54) is 0 Å². The number of benzene rings is 1. The van der Waals surface area contributed by atoms with Crippen molar-refractivity contribution in [3.05, 3.63) is 42.1 Å². The zero-order chi connectivity index (χ0) is 11.3. The third-order valence-corrected chi connectivity index (χ3v) is 2.31. The number of hydrogen-bond donors (Lipinski definition) is 0. The Balaban J connectivity index is 3.04. The van der Waals surface area contributed by atoms with Crippen LogP contribution in [-0.4, -0.2) is 24.3 Å². The molecule has 0 fully saturated rings. The fourth-order valence-electron chi connectivity index (χ4n) is 1.30. The molecule has 0 unspecified atom stereocenters. The number of hydrogen-bond acceptors (Lipinski definition) is 2. The molecule has 2 heteroatoms. The van der Waals surface area contributed by atoms with Gasteiger partial charge in [-0.1, -0.05) is 30.3 Å². The first-order valence-corrected chi connectivity index (χ1v) is 5.13. The summed E-state index contributed by atoms with van der Waals surface area (Å²) in [6.45, 7) is 4.55. The highest BCUT2D eigenvalue weighted by atomic mass is 16.1. The Bertz CT molecular complexity index is 354. The summed E-state index contributed by atoms with van der Waals surface area (Å²) in [5, 5.41) is 0. The van der Waals surface area contributed by atoms with Crippen LogP contribution in [0.3, 0.4) is 0 Å². The summed E-state index contributed by atoms with van der Waals surface area (Å²) in [6, 6.07) is 9.74. The van der Waals surface area contributed by atoms with Crippen LogP contribution in [0.5, 0.6) is 0 Å². The molecule has 0 aliphatic rings. The summed E-state index contributed by atoms with van der Waals surface area (Å²) in [5.41, 5.74) is 1.74. The standard InChI is InChI=1S/C13H17NO/c1-4-14(3)10-13(11(2)15)12-8-6-5-7-9-12/h5-10H,4H2,1-3H3/b13-10-. The molecule has 0 amide bonds. The first-order valence-electron chi connectivity index (χ1n) is 5.13. The van der Waals surface area contributed by atoms with E-state index in [4.69, 9.17) is 0 Å². The quantitative estimate of drug-likeness (QED) is 0.701. The average molecular weight is 203 g/mol. The van der Waals surface area contributed by atoms with Crippen LogP contribution in [-0.2, 0) is 4.79 Å². The van der Waals surface area contributed by atoms with E-state index in [-0.39, 0.29) is 5.78 Å². The number of allylic oxidation sites excluding steroid dienone is 1. The van der Waals surface area contributed by atoms with Crippen LogP contribution in [0.2, 0.25) is 0 Å². The van der Waals surface area contributed by atoms with Gasteiger partial charge in [0, 0.05) is 25.4 Å². The average Bonchev–Trinajstić information content (AvgIpc) is 2.26. The lowest BCUT2D eigenvalue weighted by Gasteiger charge is -2.13. The fraction of sp³-hybridized carbons (Fsp3) is 0.308. The summed E-state index contributed by atoms with van der Waals surface area (Å²) in [7, 11) is 1.96. The van der Waals surface area contributed by atoms with Crippen molar-refractivity contribution in [3.8, 4) is 0 Å². The van der Waals surface area contributed by atoms with Crippen LogP contribution in [0.1, 0.15) is 19.4 Å². The minimum Gasteiger partial charge on any atom is -0.380 e. The highest BCUT2D eigenvalue weighted by Crippen LogP contribution is 2.15. The third-order valence-electron chi connectivity index (χ3n) is 2.31. The van der Waals surface area contributed by atoms with Gasteiger partial charge in [0.15, 0.2) is 5.78 Å². The normalized spacial score (nSPS) is 11.3. The predicted molar refractivity (Wildman–Crippen MR) is 63.4 cm³/mol. The van der Waals surface area contributed by atoms with Crippen molar-refractivity contribution >= 4 is 11.4 Å². The van der Waals surface area contributed by atoms with E-state index in [1.54, 1.807) is 6.92 Å². The van der Waals surface area contributed by atoms with Crippen molar-refractivity contribution in [1.82, 2.24) is 4.90 Å². The minimum absolute atomic E-state index is 0.0986. The van der Waals surface area contributed by atoms with Gasteiger partial charge >= 0.3 is 0 Å². The molecule has 1 aromatic rings. The van der Waals surface area contributed by atoms with Crippen molar-refractivity contribution in [2.24, 2.45) is 0 Å². The number of nitrogens with zero attached hydrogens (tertiary/aromatic N) is 1. The molecule has 0 atom stereocenters. The number of carbonyl (C=O) groups excluding carboxylic acids is 1. The van der Waals surface area contributed by atoms with E-state index >= 15 is 0 Å². The molecule has 0 N–H and O–H groups in total. The van der Waals surface area contributed by atoms with Crippen LogP contribution in [0.15, 0.2) is 36.5 Å². The molecule has 0 saturated heterocycles. The van der Waals surface area contributed by atoms with Crippen LogP contribution in [0.25, 0.3) is 5.57 Å². The van der Waals surface area contributed by atoms with Gasteiger partial charge in [-0.2, -0.15) is 0 Å². The Hall–Kier alpha value is -1.57. The molecule has 2 nitrogen and oxygen atoms in total. The summed E-state index contributed by atoms with van der Waals surface area (Å²) in [6.07, 6.45) is 1.90. The number of rotatable bonds is 4. The van der Waals surface area contributed by atoms with E-state index in [0.29, 0.717) is 0 Å². The first-order chi connectivity index (χ1) is 7.15. The number of carbonyl (C=O) groups is 1. The molecule has 1 rings (SSSR count).